The Morgan fingerprint density at radius 1 is 0.913 bits per heavy atom. The molecule has 0 aromatic heterocycles. The van der Waals surface area contributed by atoms with E-state index >= 15 is 0 Å². The molecule has 0 unspecified atom stereocenters. The quantitative estimate of drug-likeness (QED) is 0.691. The van der Waals surface area contributed by atoms with E-state index in [2.05, 4.69) is 0 Å². The Balaban J connectivity index is 1.76. The molecule has 3 rings (SSSR count). The molecule has 2 nitrogen and oxygen atoms in total. The van der Waals surface area contributed by atoms with Crippen molar-refractivity contribution in [2.24, 2.45) is 0 Å². The molecule has 0 aliphatic rings. The van der Waals surface area contributed by atoms with Crippen LogP contribution in [0.1, 0.15) is 11.1 Å². The van der Waals surface area contributed by atoms with Gasteiger partial charge in [-0.1, -0.05) is 42.5 Å². The zero-order valence-electron chi connectivity index (χ0n) is 12.9. The molecule has 116 valence electrons. The molecular formula is C20H18FNO. The minimum Gasteiger partial charge on any atom is -0.489 e. The first-order chi connectivity index (χ1) is 11.1. The Bertz CT molecular complexity index is 798. The highest BCUT2D eigenvalue weighted by atomic mass is 19.1. The summed E-state index contributed by atoms with van der Waals surface area (Å²) in [5.41, 5.74) is 9.13. The van der Waals surface area contributed by atoms with Gasteiger partial charge in [-0.15, -0.1) is 0 Å². The van der Waals surface area contributed by atoms with Crippen LogP contribution in [0.25, 0.3) is 11.1 Å². The third kappa shape index (κ3) is 3.34. The lowest BCUT2D eigenvalue weighted by Crippen LogP contribution is -1.96. The van der Waals surface area contributed by atoms with Gasteiger partial charge in [0.2, 0.25) is 0 Å². The van der Waals surface area contributed by atoms with Crippen molar-refractivity contribution in [3.8, 4) is 16.9 Å². The summed E-state index contributed by atoms with van der Waals surface area (Å²) >= 11 is 0. The second-order valence-corrected chi connectivity index (χ2v) is 5.44. The van der Waals surface area contributed by atoms with E-state index in [1.807, 2.05) is 54.6 Å². The van der Waals surface area contributed by atoms with Crippen LogP contribution in [0, 0.1) is 12.7 Å². The average molecular weight is 307 g/mol. The third-order valence-electron chi connectivity index (χ3n) is 3.84. The van der Waals surface area contributed by atoms with Crippen LogP contribution in [0.2, 0.25) is 0 Å². The molecule has 0 atom stereocenters. The first-order valence-electron chi connectivity index (χ1n) is 7.47. The smallest absolute Gasteiger partial charge is 0.135 e. The summed E-state index contributed by atoms with van der Waals surface area (Å²) in [7, 11) is 0. The molecule has 0 spiro atoms. The van der Waals surface area contributed by atoms with Crippen molar-refractivity contribution in [2.75, 3.05) is 5.73 Å². The fourth-order valence-corrected chi connectivity index (χ4v) is 2.39. The van der Waals surface area contributed by atoms with Gasteiger partial charge < -0.3 is 10.5 Å². The molecule has 0 heterocycles. The van der Waals surface area contributed by atoms with Gasteiger partial charge in [-0.2, -0.15) is 0 Å². The summed E-state index contributed by atoms with van der Waals surface area (Å²) in [5, 5.41) is 0. The molecule has 0 amide bonds. The molecule has 0 aliphatic heterocycles. The number of hydrogen-bond acceptors (Lipinski definition) is 2. The molecule has 23 heavy (non-hydrogen) atoms. The molecule has 3 aromatic carbocycles. The largest absolute Gasteiger partial charge is 0.489 e. The van der Waals surface area contributed by atoms with E-state index in [0.717, 1.165) is 16.9 Å². The summed E-state index contributed by atoms with van der Waals surface area (Å²) in [6.45, 7) is 2.20. The molecule has 0 saturated heterocycles. The van der Waals surface area contributed by atoms with Crippen LogP contribution in [0.5, 0.6) is 5.75 Å². The van der Waals surface area contributed by atoms with E-state index in [-0.39, 0.29) is 5.82 Å². The van der Waals surface area contributed by atoms with Gasteiger partial charge in [0.1, 0.15) is 18.2 Å². The van der Waals surface area contributed by atoms with Gasteiger partial charge in [-0.05, 0) is 42.3 Å². The van der Waals surface area contributed by atoms with Crippen LogP contribution < -0.4 is 10.5 Å². The number of hydrogen-bond donors (Lipinski definition) is 1. The highest BCUT2D eigenvalue weighted by Crippen LogP contribution is 2.29. The zero-order valence-corrected chi connectivity index (χ0v) is 12.9. The first kappa shape index (κ1) is 15.1. The molecule has 2 N–H and O–H groups in total. The number of rotatable bonds is 4. The minimum atomic E-state index is -0.275. The predicted molar refractivity (Wildman–Crippen MR) is 91.8 cm³/mol. The Morgan fingerprint density at radius 2 is 1.61 bits per heavy atom. The molecule has 0 bridgehead atoms. The fraction of sp³-hybridized carbons (Fsp3) is 0.100. The van der Waals surface area contributed by atoms with Gasteiger partial charge in [0.05, 0.1) is 0 Å². The molecular weight excluding hydrogens is 289 g/mol. The van der Waals surface area contributed by atoms with Crippen molar-refractivity contribution in [3.05, 3.63) is 83.7 Å². The molecule has 0 radical (unpaired) electrons. The van der Waals surface area contributed by atoms with Crippen molar-refractivity contribution >= 4 is 5.69 Å². The average Bonchev–Trinajstić information content (AvgIpc) is 2.60. The summed E-state index contributed by atoms with van der Waals surface area (Å²) in [6, 6.07) is 20.8. The second-order valence-electron chi connectivity index (χ2n) is 5.44. The number of halogens is 1. The lowest BCUT2D eigenvalue weighted by Gasteiger charge is -2.10. The van der Waals surface area contributed by atoms with E-state index in [9.17, 15) is 4.39 Å². The van der Waals surface area contributed by atoms with Gasteiger partial charge in [-0.3, -0.25) is 0 Å². The lowest BCUT2D eigenvalue weighted by atomic mass is 10.0. The van der Waals surface area contributed by atoms with Gasteiger partial charge >= 0.3 is 0 Å². The SMILES string of the molecule is Cc1c(N)ccc(-c2ccc(OCc3ccccc3)cc2)c1F. The van der Waals surface area contributed by atoms with Gasteiger partial charge in [0.25, 0.3) is 0 Å². The fourth-order valence-electron chi connectivity index (χ4n) is 2.39. The Morgan fingerprint density at radius 3 is 2.30 bits per heavy atom. The maximum Gasteiger partial charge on any atom is 0.135 e. The minimum absolute atomic E-state index is 0.275. The van der Waals surface area contributed by atoms with Crippen LogP contribution in [-0.4, -0.2) is 0 Å². The standard InChI is InChI=1S/C20H18FNO/c1-14-19(22)12-11-18(20(14)21)16-7-9-17(10-8-16)23-13-15-5-3-2-4-6-15/h2-12H,13,22H2,1H3. The van der Waals surface area contributed by atoms with Crippen LogP contribution in [0.4, 0.5) is 10.1 Å². The number of nitrogens with two attached hydrogens (primary N) is 1. The molecule has 0 saturated carbocycles. The molecule has 3 heteroatoms. The van der Waals surface area contributed by atoms with Gasteiger partial charge in [-0.25, -0.2) is 4.39 Å². The van der Waals surface area contributed by atoms with Crippen LogP contribution in [-0.2, 0) is 6.61 Å². The summed E-state index contributed by atoms with van der Waals surface area (Å²) in [4.78, 5) is 0. The zero-order chi connectivity index (χ0) is 16.2. The van der Waals surface area contributed by atoms with Crippen molar-refractivity contribution < 1.29 is 9.13 Å². The van der Waals surface area contributed by atoms with Gasteiger partial charge in [0, 0.05) is 16.8 Å². The van der Waals surface area contributed by atoms with Crippen LogP contribution in [0.15, 0.2) is 66.7 Å². The van der Waals surface area contributed by atoms with E-state index < -0.39 is 0 Å². The monoisotopic (exact) mass is 307 g/mol. The van der Waals surface area contributed by atoms with E-state index in [1.165, 1.54) is 0 Å². The Kier molecular flexibility index (Phi) is 4.29. The number of anilines is 1. The Hall–Kier alpha value is -2.81. The maximum absolute atomic E-state index is 14.3. The second kappa shape index (κ2) is 6.53. The summed E-state index contributed by atoms with van der Waals surface area (Å²) in [6.07, 6.45) is 0. The topological polar surface area (TPSA) is 35.2 Å². The van der Waals surface area contributed by atoms with Crippen molar-refractivity contribution in [1.29, 1.82) is 0 Å². The van der Waals surface area contributed by atoms with E-state index in [1.54, 1.807) is 19.1 Å². The normalized spacial score (nSPS) is 10.5. The predicted octanol–water partition coefficient (Wildman–Crippen LogP) is 4.96. The highest BCUT2D eigenvalue weighted by Gasteiger charge is 2.10. The number of ether oxygens (including phenoxy) is 1. The molecule has 0 fully saturated rings. The van der Waals surface area contributed by atoms with Crippen LogP contribution in [0.3, 0.4) is 0 Å². The van der Waals surface area contributed by atoms with Crippen molar-refractivity contribution in [3.63, 3.8) is 0 Å². The molecule has 0 aliphatic carbocycles. The number of nitrogen functional groups attached to an aromatic ring is 1. The van der Waals surface area contributed by atoms with Gasteiger partial charge in [0.15, 0.2) is 0 Å². The first-order valence-corrected chi connectivity index (χ1v) is 7.47. The highest BCUT2D eigenvalue weighted by molar-refractivity contribution is 5.69. The van der Waals surface area contributed by atoms with E-state index in [0.29, 0.717) is 23.4 Å². The third-order valence-corrected chi connectivity index (χ3v) is 3.84. The Labute approximate surface area is 135 Å². The molecule has 3 aromatic rings. The summed E-state index contributed by atoms with van der Waals surface area (Å²) < 4.78 is 20.0. The van der Waals surface area contributed by atoms with Crippen molar-refractivity contribution in [2.45, 2.75) is 13.5 Å². The van der Waals surface area contributed by atoms with Crippen molar-refractivity contribution in [1.82, 2.24) is 0 Å². The number of benzene rings is 3. The van der Waals surface area contributed by atoms with E-state index in [4.69, 9.17) is 10.5 Å². The summed E-state index contributed by atoms with van der Waals surface area (Å²) in [5.74, 6) is 0.480. The lowest BCUT2D eigenvalue weighted by molar-refractivity contribution is 0.306. The maximum atomic E-state index is 14.3. The van der Waals surface area contributed by atoms with Crippen LogP contribution >= 0.6 is 0 Å².